The van der Waals surface area contributed by atoms with E-state index >= 15 is 0 Å². The minimum Gasteiger partial charge on any atom is -0.479 e. The van der Waals surface area contributed by atoms with Crippen molar-refractivity contribution in [1.82, 2.24) is 15.2 Å². The number of aromatic nitrogens is 1. The van der Waals surface area contributed by atoms with Crippen molar-refractivity contribution < 1.29 is 19.5 Å². The average molecular weight is 484 g/mol. The van der Waals surface area contributed by atoms with Crippen LogP contribution in [-0.2, 0) is 27.2 Å². The molecule has 4 atom stereocenters. The third-order valence-corrected chi connectivity index (χ3v) is 7.11. The third kappa shape index (κ3) is 5.60. The number of piperazine rings is 1. The van der Waals surface area contributed by atoms with Crippen LogP contribution in [0.25, 0.3) is 0 Å². The molecule has 4 rings (SSSR count). The summed E-state index contributed by atoms with van der Waals surface area (Å²) in [5, 5.41) is 10.9. The molecular weight excluding hydrogens is 450 g/mol. The van der Waals surface area contributed by atoms with Crippen molar-refractivity contribution in [3.63, 3.8) is 0 Å². The molecule has 2 aromatic rings. The number of aliphatic carboxylic acids is 1. The Morgan fingerprint density at radius 2 is 1.68 bits per heavy atom. The molecule has 2 amide bonds. The van der Waals surface area contributed by atoms with Crippen LogP contribution in [0.5, 0.6) is 0 Å². The number of pyridine rings is 1. The number of nitrogens with one attached hydrogen (secondary N) is 1. The Morgan fingerprint density at radius 1 is 1.12 bits per heavy atom. The topological polar surface area (TPSA) is 99.6 Å². The van der Waals surface area contributed by atoms with Gasteiger partial charge in [0.05, 0.1) is 0 Å². The molecule has 0 radical (unpaired) electrons. The van der Waals surface area contributed by atoms with Crippen molar-refractivity contribution >= 4 is 30.4 Å². The molecule has 1 saturated heterocycles. The van der Waals surface area contributed by atoms with Crippen LogP contribution in [0.15, 0.2) is 42.5 Å². The van der Waals surface area contributed by atoms with Crippen molar-refractivity contribution in [3.8, 4) is 0 Å². The summed E-state index contributed by atoms with van der Waals surface area (Å²) in [5.74, 6) is -2.10. The van der Waals surface area contributed by atoms with Crippen molar-refractivity contribution in [2.24, 2.45) is 11.8 Å². The molecule has 1 fully saturated rings. The predicted molar refractivity (Wildman–Crippen MR) is 133 cm³/mol. The van der Waals surface area contributed by atoms with Crippen LogP contribution < -0.4 is 5.32 Å². The fourth-order valence-electron chi connectivity index (χ4n) is 4.70. The van der Waals surface area contributed by atoms with Crippen molar-refractivity contribution in [1.29, 1.82) is 0 Å². The van der Waals surface area contributed by atoms with E-state index in [2.05, 4.69) is 22.9 Å². The highest BCUT2D eigenvalue weighted by molar-refractivity contribution is 7.81. The highest BCUT2D eigenvalue weighted by Gasteiger charge is 2.49. The van der Waals surface area contributed by atoms with Gasteiger partial charge in [-0.05, 0) is 61.8 Å². The van der Waals surface area contributed by atoms with Gasteiger partial charge in [-0.2, -0.15) is 0 Å². The van der Waals surface area contributed by atoms with Gasteiger partial charge in [-0.3, -0.25) is 14.6 Å². The molecule has 2 N–H and O–H groups in total. The third-order valence-electron chi connectivity index (χ3n) is 6.64. The molecule has 8 heteroatoms. The number of hydrogen-bond donors (Lipinski definition) is 3. The molecule has 0 spiro atoms. The molecule has 7 nitrogen and oxygen atoms in total. The molecule has 1 aliphatic carbocycles. The molecule has 1 aliphatic heterocycles. The molecule has 1 aromatic carbocycles. The number of rotatable bonds is 5. The van der Waals surface area contributed by atoms with Crippen LogP contribution in [0.3, 0.4) is 0 Å². The van der Waals surface area contributed by atoms with E-state index < -0.39 is 23.4 Å². The Morgan fingerprint density at radius 3 is 2.12 bits per heavy atom. The first-order valence-electron chi connectivity index (χ1n) is 11.6. The lowest BCUT2D eigenvalue weighted by Crippen LogP contribution is -2.69. The van der Waals surface area contributed by atoms with Gasteiger partial charge < -0.3 is 15.3 Å². The van der Waals surface area contributed by atoms with Crippen LogP contribution in [0, 0.1) is 25.7 Å². The van der Waals surface area contributed by atoms with Crippen LogP contribution in [0.2, 0.25) is 0 Å². The SMILES string of the molecule is CCC(C)C1C(=O)NC(C2Cc3ccccc3C2)C(=O)N1C(S)C(=O)O.Cc1cccc(C)n1. The number of thiol groups is 1. The maximum atomic E-state index is 13.2. The normalized spacial score (nSPS) is 21.7. The molecule has 182 valence electrons. The Hall–Kier alpha value is -2.87. The number of carbonyl (C=O) groups excluding carboxylic acids is 2. The van der Waals surface area contributed by atoms with Crippen molar-refractivity contribution in [3.05, 3.63) is 65.0 Å². The number of aryl methyl sites for hydroxylation is 2. The first-order chi connectivity index (χ1) is 16.1. The zero-order valence-corrected chi connectivity index (χ0v) is 21.0. The van der Waals surface area contributed by atoms with E-state index in [0.717, 1.165) is 11.4 Å². The zero-order valence-electron chi connectivity index (χ0n) is 20.1. The average Bonchev–Trinajstić information content (AvgIpc) is 3.23. The second-order valence-electron chi connectivity index (χ2n) is 9.13. The Kier molecular flexibility index (Phi) is 8.36. The van der Waals surface area contributed by atoms with Crippen molar-refractivity contribution in [2.75, 3.05) is 0 Å². The number of fused-ring (bicyclic) bond motifs is 1. The largest absolute Gasteiger partial charge is 0.479 e. The van der Waals surface area contributed by atoms with E-state index in [0.29, 0.717) is 19.3 Å². The number of carboxylic acid groups (broad SMARTS) is 1. The van der Waals surface area contributed by atoms with Gasteiger partial charge in [0.15, 0.2) is 5.37 Å². The fraction of sp³-hybridized carbons (Fsp3) is 0.462. The lowest BCUT2D eigenvalue weighted by atomic mass is 9.88. The highest BCUT2D eigenvalue weighted by atomic mass is 32.1. The molecule has 2 aliphatic rings. The summed E-state index contributed by atoms with van der Waals surface area (Å²) in [6.07, 6.45) is 2.04. The molecule has 0 saturated carbocycles. The molecular formula is C26H33N3O4S. The van der Waals surface area contributed by atoms with Gasteiger partial charge in [-0.25, -0.2) is 4.79 Å². The lowest BCUT2D eigenvalue weighted by molar-refractivity contribution is -0.159. The second kappa shape index (κ2) is 11.0. The van der Waals surface area contributed by atoms with Gasteiger partial charge in [-0.15, -0.1) is 12.6 Å². The van der Waals surface area contributed by atoms with E-state index in [4.69, 9.17) is 0 Å². The van der Waals surface area contributed by atoms with Gasteiger partial charge in [-0.1, -0.05) is 50.6 Å². The number of amides is 2. The van der Waals surface area contributed by atoms with Gasteiger partial charge in [0, 0.05) is 11.4 Å². The highest BCUT2D eigenvalue weighted by Crippen LogP contribution is 2.33. The standard InChI is InChI=1S/C19H24N2O4S.C7H9N/c1-3-10(2)15-16(22)20-14(17(23)21(15)18(26)19(24)25)13-8-11-6-4-5-7-12(11)9-13;1-6-4-3-5-7(2)8-6/h4-7,10,13-15,18,26H,3,8-9H2,1-2H3,(H,20,22)(H,24,25);3-5H,1-2H3. The summed E-state index contributed by atoms with van der Waals surface area (Å²) in [6.45, 7) is 7.74. The van der Waals surface area contributed by atoms with E-state index in [1.165, 1.54) is 16.0 Å². The summed E-state index contributed by atoms with van der Waals surface area (Å²) in [5.41, 5.74) is 4.53. The summed E-state index contributed by atoms with van der Waals surface area (Å²) in [6, 6.07) is 12.4. The van der Waals surface area contributed by atoms with Gasteiger partial charge >= 0.3 is 5.97 Å². The van der Waals surface area contributed by atoms with E-state index in [1.807, 2.05) is 70.2 Å². The van der Waals surface area contributed by atoms with E-state index in [9.17, 15) is 19.5 Å². The Bertz CT molecular complexity index is 1020. The number of carbonyl (C=O) groups is 3. The maximum absolute atomic E-state index is 13.2. The summed E-state index contributed by atoms with van der Waals surface area (Å²) in [4.78, 5) is 42.8. The number of carboxylic acids is 1. The summed E-state index contributed by atoms with van der Waals surface area (Å²) >= 11 is 4.12. The number of nitrogens with zero attached hydrogens (tertiary/aromatic N) is 2. The minimum atomic E-state index is -1.33. The van der Waals surface area contributed by atoms with Crippen LogP contribution in [0.1, 0.15) is 42.8 Å². The number of benzene rings is 1. The lowest BCUT2D eigenvalue weighted by Gasteiger charge is -2.44. The molecule has 0 bridgehead atoms. The maximum Gasteiger partial charge on any atom is 0.336 e. The van der Waals surface area contributed by atoms with Gasteiger partial charge in [0.1, 0.15) is 12.1 Å². The Balaban J connectivity index is 0.000000343. The minimum absolute atomic E-state index is 0.0708. The quantitative estimate of drug-likeness (QED) is 0.568. The van der Waals surface area contributed by atoms with Gasteiger partial charge in [0.25, 0.3) is 0 Å². The fourth-order valence-corrected chi connectivity index (χ4v) is 4.96. The molecule has 1 aromatic heterocycles. The van der Waals surface area contributed by atoms with Crippen LogP contribution in [0.4, 0.5) is 0 Å². The predicted octanol–water partition coefficient (Wildman–Crippen LogP) is 3.18. The van der Waals surface area contributed by atoms with Crippen LogP contribution >= 0.6 is 12.6 Å². The zero-order chi connectivity index (χ0) is 25.0. The smallest absolute Gasteiger partial charge is 0.336 e. The summed E-state index contributed by atoms with van der Waals surface area (Å²) in [7, 11) is 0. The van der Waals surface area contributed by atoms with Crippen molar-refractivity contribution in [2.45, 2.75) is 64.4 Å². The van der Waals surface area contributed by atoms with E-state index in [-0.39, 0.29) is 23.7 Å². The Labute approximate surface area is 206 Å². The molecule has 2 heterocycles. The second-order valence-corrected chi connectivity index (χ2v) is 9.62. The first kappa shape index (κ1) is 25.7. The summed E-state index contributed by atoms with van der Waals surface area (Å²) < 4.78 is 0. The monoisotopic (exact) mass is 483 g/mol. The van der Waals surface area contributed by atoms with Gasteiger partial charge in [0.2, 0.25) is 11.8 Å². The van der Waals surface area contributed by atoms with E-state index in [1.54, 1.807) is 0 Å². The van der Waals surface area contributed by atoms with Crippen LogP contribution in [-0.4, -0.2) is 50.2 Å². The molecule has 34 heavy (non-hydrogen) atoms. The first-order valence-corrected chi connectivity index (χ1v) is 12.2. The number of hydrogen-bond acceptors (Lipinski definition) is 5. The molecule has 4 unspecified atom stereocenters.